The molecule has 1 aromatic carbocycles. The smallest absolute Gasteiger partial charge is 0.366 e. The average molecular weight is 582 g/mol. The quantitative estimate of drug-likeness (QED) is 0.428. The maximum atomic E-state index is 13.7. The largest absolute Gasteiger partial charge is 0.419 e. The Morgan fingerprint density at radius 2 is 1.63 bits per heavy atom. The summed E-state index contributed by atoms with van der Waals surface area (Å²) in [4.78, 5) is 10.1. The van der Waals surface area contributed by atoms with Crippen molar-refractivity contribution in [1.29, 1.82) is 0 Å². The molecule has 2 aromatic rings. The fraction of sp³-hybridized carbons (Fsp3) is 0.464. The van der Waals surface area contributed by atoms with Gasteiger partial charge in [0.05, 0.1) is 11.1 Å². The highest BCUT2D eigenvalue weighted by molar-refractivity contribution is 5.54. The monoisotopic (exact) mass is 581 g/mol. The summed E-state index contributed by atoms with van der Waals surface area (Å²) < 4.78 is 80.5. The third-order valence-electron chi connectivity index (χ3n) is 7.69. The van der Waals surface area contributed by atoms with Crippen LogP contribution in [0.2, 0.25) is 0 Å². The van der Waals surface area contributed by atoms with Gasteiger partial charge in [0, 0.05) is 62.5 Å². The van der Waals surface area contributed by atoms with Crippen LogP contribution in [0, 0.1) is 0 Å². The lowest BCUT2D eigenvalue weighted by atomic mass is 10.0. The van der Waals surface area contributed by atoms with Crippen molar-refractivity contribution >= 4 is 11.5 Å². The number of benzene rings is 1. The predicted molar refractivity (Wildman–Crippen MR) is 145 cm³/mol. The summed E-state index contributed by atoms with van der Waals surface area (Å²) in [5.74, 6) is -0.183. The minimum Gasteiger partial charge on any atom is -0.366 e. The summed E-state index contributed by atoms with van der Waals surface area (Å²) in [6.07, 6.45) is -4.73. The molecule has 41 heavy (non-hydrogen) atoms. The molecule has 0 bridgehead atoms. The van der Waals surface area contributed by atoms with E-state index in [1.807, 2.05) is 0 Å². The van der Waals surface area contributed by atoms with Gasteiger partial charge in [-0.2, -0.15) is 26.3 Å². The van der Waals surface area contributed by atoms with Crippen molar-refractivity contribution in [1.82, 2.24) is 25.4 Å². The summed E-state index contributed by atoms with van der Waals surface area (Å²) in [6, 6.07) is 7.51. The van der Waals surface area contributed by atoms with Gasteiger partial charge in [0.1, 0.15) is 18.3 Å². The molecule has 3 aliphatic heterocycles. The number of allylic oxidation sites excluding steroid dienone is 1. The first kappa shape index (κ1) is 29.2. The summed E-state index contributed by atoms with van der Waals surface area (Å²) in [5.41, 5.74) is 0.519. The van der Waals surface area contributed by atoms with Crippen molar-refractivity contribution in [3.63, 3.8) is 0 Å². The summed E-state index contributed by atoms with van der Waals surface area (Å²) in [5, 5.41) is 10.3. The molecule has 3 aliphatic rings. The maximum Gasteiger partial charge on any atom is 0.419 e. The zero-order valence-electron chi connectivity index (χ0n) is 22.7. The van der Waals surface area contributed by atoms with Gasteiger partial charge in [-0.25, -0.2) is 4.98 Å². The van der Waals surface area contributed by atoms with Crippen LogP contribution < -0.4 is 20.9 Å². The predicted octanol–water partition coefficient (Wildman–Crippen LogP) is 5.04. The Balaban J connectivity index is 1.41. The average Bonchev–Trinajstić information content (AvgIpc) is 3.15. The van der Waals surface area contributed by atoms with Gasteiger partial charge in [-0.05, 0) is 68.3 Å². The van der Waals surface area contributed by atoms with Crippen molar-refractivity contribution in [3.8, 4) is 0 Å². The van der Waals surface area contributed by atoms with E-state index in [9.17, 15) is 26.3 Å². The second kappa shape index (κ2) is 11.5. The topological polar surface area (TPSA) is 58.7 Å². The number of aromatic nitrogens is 1. The van der Waals surface area contributed by atoms with Gasteiger partial charge in [-0.15, -0.1) is 0 Å². The van der Waals surface area contributed by atoms with Crippen LogP contribution in [-0.4, -0.2) is 66.0 Å². The molecule has 1 aromatic heterocycles. The van der Waals surface area contributed by atoms with Crippen LogP contribution in [0.1, 0.15) is 31.4 Å². The molecule has 2 atom stereocenters. The van der Waals surface area contributed by atoms with Gasteiger partial charge in [0.2, 0.25) is 0 Å². The molecule has 2 unspecified atom stereocenters. The first-order valence-electron chi connectivity index (χ1n) is 13.5. The summed E-state index contributed by atoms with van der Waals surface area (Å²) in [6.45, 7) is 7.87. The minimum atomic E-state index is -4.56. The highest BCUT2D eigenvalue weighted by Crippen LogP contribution is 2.37. The molecule has 0 saturated carbocycles. The second-order valence-corrected chi connectivity index (χ2v) is 10.6. The lowest BCUT2D eigenvalue weighted by Gasteiger charge is -2.45. The maximum absolute atomic E-state index is 13.7. The van der Waals surface area contributed by atoms with Gasteiger partial charge in [-0.3, -0.25) is 15.1 Å². The van der Waals surface area contributed by atoms with Gasteiger partial charge < -0.3 is 15.5 Å². The summed E-state index contributed by atoms with van der Waals surface area (Å²) >= 11 is 0. The Hall–Kier alpha value is -3.29. The van der Waals surface area contributed by atoms with Crippen molar-refractivity contribution in [2.45, 2.75) is 51.1 Å². The lowest BCUT2D eigenvalue weighted by Crippen LogP contribution is -2.65. The van der Waals surface area contributed by atoms with E-state index >= 15 is 0 Å². The van der Waals surface area contributed by atoms with Crippen LogP contribution in [0.4, 0.5) is 37.8 Å². The molecule has 7 nitrogen and oxygen atoms in total. The van der Waals surface area contributed by atoms with E-state index in [0.717, 1.165) is 55.6 Å². The fourth-order valence-corrected chi connectivity index (χ4v) is 5.39. The molecule has 5 rings (SSSR count). The molecule has 0 spiro atoms. The zero-order valence-corrected chi connectivity index (χ0v) is 22.7. The molecule has 0 radical (unpaired) electrons. The van der Waals surface area contributed by atoms with Crippen molar-refractivity contribution in [2.24, 2.45) is 0 Å². The Morgan fingerprint density at radius 3 is 2.27 bits per heavy atom. The van der Waals surface area contributed by atoms with Crippen LogP contribution >= 0.6 is 0 Å². The van der Waals surface area contributed by atoms with E-state index in [4.69, 9.17) is 0 Å². The standard InChI is InChI=1S/C28H33F6N7/c1-18(2)39-14-16-41(17-15-39)26-37-23-10-13-40(25-22(28(32,33)34)4-3-11-35-25)12-9-21(23)24(38-26)36-20-7-5-19(6-8-20)27(29,30)31/h3-8,10-11,13,18,24,26,36-38H,9,12,14-17H2,1-2H3. The zero-order chi connectivity index (χ0) is 29.4. The number of pyridine rings is 1. The minimum absolute atomic E-state index is 0.183. The van der Waals surface area contributed by atoms with Crippen LogP contribution in [0.15, 0.2) is 66.1 Å². The highest BCUT2D eigenvalue weighted by atomic mass is 19.4. The lowest BCUT2D eigenvalue weighted by molar-refractivity contribution is -0.138. The van der Waals surface area contributed by atoms with Crippen LogP contribution in [0.5, 0.6) is 0 Å². The van der Waals surface area contributed by atoms with Gasteiger partial charge in [0.15, 0.2) is 0 Å². The van der Waals surface area contributed by atoms with E-state index in [1.54, 1.807) is 12.3 Å². The van der Waals surface area contributed by atoms with Crippen LogP contribution in [0.3, 0.4) is 0 Å². The molecule has 1 saturated heterocycles. The molecule has 1 fully saturated rings. The number of piperazine rings is 1. The number of nitrogens with one attached hydrogen (secondary N) is 3. The Kier molecular flexibility index (Phi) is 8.22. The Labute approximate surface area is 234 Å². The van der Waals surface area contributed by atoms with Gasteiger partial charge in [-0.1, -0.05) is 0 Å². The van der Waals surface area contributed by atoms with Gasteiger partial charge in [0.25, 0.3) is 0 Å². The number of nitrogens with zero attached hydrogens (tertiary/aromatic N) is 4. The van der Waals surface area contributed by atoms with E-state index in [-0.39, 0.29) is 18.7 Å². The molecule has 222 valence electrons. The molecule has 3 N–H and O–H groups in total. The van der Waals surface area contributed by atoms with E-state index in [2.05, 4.69) is 44.6 Å². The SMILES string of the molecule is CC(C)N1CCN(C2NC3=C(CCN(c4ncccc4C(F)(F)F)C=C3)C(Nc3ccc(C(F)(F)F)cc3)N2)CC1. The first-order valence-corrected chi connectivity index (χ1v) is 13.5. The number of alkyl halides is 6. The molecular formula is C28H33F6N7. The number of hydrogen-bond acceptors (Lipinski definition) is 7. The van der Waals surface area contributed by atoms with E-state index in [0.29, 0.717) is 18.2 Å². The highest BCUT2D eigenvalue weighted by Gasteiger charge is 2.37. The number of halogens is 6. The molecule has 0 amide bonds. The van der Waals surface area contributed by atoms with Crippen molar-refractivity contribution in [3.05, 3.63) is 77.3 Å². The second-order valence-electron chi connectivity index (χ2n) is 10.6. The Morgan fingerprint density at radius 1 is 0.927 bits per heavy atom. The van der Waals surface area contributed by atoms with E-state index in [1.165, 1.54) is 29.3 Å². The van der Waals surface area contributed by atoms with E-state index < -0.39 is 29.6 Å². The van der Waals surface area contributed by atoms with Crippen molar-refractivity contribution < 1.29 is 26.3 Å². The van der Waals surface area contributed by atoms with Crippen molar-refractivity contribution in [2.75, 3.05) is 42.9 Å². The molecule has 13 heteroatoms. The third-order valence-corrected chi connectivity index (χ3v) is 7.69. The summed E-state index contributed by atoms with van der Waals surface area (Å²) in [7, 11) is 0. The Bertz CT molecular complexity index is 1260. The van der Waals surface area contributed by atoms with Crippen LogP contribution in [0.25, 0.3) is 0 Å². The molecule has 0 aliphatic carbocycles. The number of rotatable bonds is 5. The molecular weight excluding hydrogens is 548 g/mol. The number of hydrogen-bond donors (Lipinski definition) is 3. The number of anilines is 2. The third kappa shape index (κ3) is 6.62. The van der Waals surface area contributed by atoms with Gasteiger partial charge >= 0.3 is 12.4 Å². The fourth-order valence-electron chi connectivity index (χ4n) is 5.39. The first-order chi connectivity index (χ1) is 19.4. The normalized spacial score (nSPS) is 22.9. The van der Waals surface area contributed by atoms with Crippen LogP contribution in [-0.2, 0) is 12.4 Å². The molecule has 4 heterocycles.